The minimum absolute atomic E-state index is 0.0367. The zero-order chi connectivity index (χ0) is 27.7. The van der Waals surface area contributed by atoms with Crippen LogP contribution < -0.4 is 20.9 Å². The van der Waals surface area contributed by atoms with E-state index in [0.717, 1.165) is 35.7 Å². The molecule has 0 radical (unpaired) electrons. The number of piperazine rings is 1. The summed E-state index contributed by atoms with van der Waals surface area (Å²) in [6.07, 6.45) is 3.48. The summed E-state index contributed by atoms with van der Waals surface area (Å²) in [5.41, 5.74) is 6.65. The fourth-order valence-corrected chi connectivity index (χ4v) is 6.48. The van der Waals surface area contributed by atoms with Gasteiger partial charge in [0, 0.05) is 37.9 Å². The highest BCUT2D eigenvalue weighted by atomic mass is 32.2. The lowest BCUT2D eigenvalue weighted by Crippen LogP contribution is -2.49. The number of benzene rings is 2. The molecule has 1 aliphatic carbocycles. The summed E-state index contributed by atoms with van der Waals surface area (Å²) in [5.74, 6) is -0.871. The zero-order valence-electron chi connectivity index (χ0n) is 21.6. The van der Waals surface area contributed by atoms with Gasteiger partial charge in [-0.3, -0.25) is 4.79 Å². The minimum Gasteiger partial charge on any atom is -0.486 e. The molecule has 2 fully saturated rings. The molecule has 1 aliphatic heterocycles. The van der Waals surface area contributed by atoms with Crippen molar-refractivity contribution in [2.45, 2.75) is 25.5 Å². The van der Waals surface area contributed by atoms with Crippen molar-refractivity contribution in [2.75, 3.05) is 43.4 Å². The number of sulfonamides is 1. The van der Waals surface area contributed by atoms with Crippen LogP contribution in [0.25, 0.3) is 5.69 Å². The van der Waals surface area contributed by atoms with E-state index in [1.807, 2.05) is 4.90 Å². The van der Waals surface area contributed by atoms with Crippen LogP contribution in [0.15, 0.2) is 53.5 Å². The van der Waals surface area contributed by atoms with Gasteiger partial charge in [-0.2, -0.15) is 14.1 Å². The standard InChI is InChI=1S/C27H31F2N5O4S/c1-2-19-11-20(19)16-38-26-25(15-31-34(27(26)35)24-13-21(28)12-22(29)14-24)32-7-9-33(10-8-32)39(36,37)17-18-3-5-23(30)6-4-18/h3-6,12-15,19-20H,2,7-11,16-17,30H2,1H3/t19-,20-/m0/s1. The van der Waals surface area contributed by atoms with Crippen LogP contribution in [0.5, 0.6) is 5.75 Å². The molecule has 12 heteroatoms. The van der Waals surface area contributed by atoms with Crippen molar-refractivity contribution in [3.05, 3.63) is 76.2 Å². The van der Waals surface area contributed by atoms with Gasteiger partial charge in [0.1, 0.15) is 17.3 Å². The second-order valence-corrected chi connectivity index (χ2v) is 12.0. The molecule has 3 aromatic rings. The average Bonchev–Trinajstić information content (AvgIpc) is 3.67. The van der Waals surface area contributed by atoms with E-state index in [9.17, 15) is 22.0 Å². The third-order valence-electron chi connectivity index (χ3n) is 7.34. The van der Waals surface area contributed by atoms with Gasteiger partial charge in [0.05, 0.1) is 24.2 Å². The summed E-state index contributed by atoms with van der Waals surface area (Å²) in [5, 5.41) is 4.18. The molecular weight excluding hydrogens is 528 g/mol. The highest BCUT2D eigenvalue weighted by Gasteiger charge is 2.36. The topological polar surface area (TPSA) is 111 Å². The van der Waals surface area contributed by atoms with E-state index in [-0.39, 0.29) is 30.3 Å². The van der Waals surface area contributed by atoms with Crippen molar-refractivity contribution < 1.29 is 21.9 Å². The number of anilines is 2. The lowest BCUT2D eigenvalue weighted by Gasteiger charge is -2.35. The van der Waals surface area contributed by atoms with Gasteiger partial charge in [0.15, 0.2) is 0 Å². The monoisotopic (exact) mass is 559 g/mol. The molecule has 0 bridgehead atoms. The van der Waals surface area contributed by atoms with Crippen LogP contribution in [-0.2, 0) is 15.8 Å². The maximum Gasteiger partial charge on any atom is 0.316 e. The molecule has 2 atom stereocenters. The van der Waals surface area contributed by atoms with Crippen molar-refractivity contribution in [3.63, 3.8) is 0 Å². The zero-order valence-corrected chi connectivity index (χ0v) is 22.4. The van der Waals surface area contributed by atoms with Crippen LogP contribution in [0, 0.1) is 23.5 Å². The molecule has 1 saturated heterocycles. The van der Waals surface area contributed by atoms with Crippen LogP contribution in [-0.4, -0.2) is 55.3 Å². The lowest BCUT2D eigenvalue weighted by atomic mass is 10.2. The van der Waals surface area contributed by atoms with Crippen molar-refractivity contribution >= 4 is 21.4 Å². The lowest BCUT2D eigenvalue weighted by molar-refractivity contribution is 0.284. The van der Waals surface area contributed by atoms with E-state index < -0.39 is 27.2 Å². The van der Waals surface area contributed by atoms with Gasteiger partial charge < -0.3 is 15.4 Å². The molecule has 0 amide bonds. The summed E-state index contributed by atoms with van der Waals surface area (Å²) in [4.78, 5) is 15.3. The summed E-state index contributed by atoms with van der Waals surface area (Å²) in [6.45, 7) is 3.52. The molecule has 2 aliphatic rings. The van der Waals surface area contributed by atoms with Gasteiger partial charge in [-0.1, -0.05) is 25.5 Å². The van der Waals surface area contributed by atoms with Crippen molar-refractivity contribution in [1.82, 2.24) is 14.1 Å². The normalized spacial score (nSPS) is 19.7. The number of aromatic nitrogens is 2. The van der Waals surface area contributed by atoms with Gasteiger partial charge in [-0.05, 0) is 48.1 Å². The Morgan fingerprint density at radius 1 is 1.03 bits per heavy atom. The fourth-order valence-electron chi connectivity index (χ4n) is 4.96. The second kappa shape index (κ2) is 10.9. The van der Waals surface area contributed by atoms with Crippen LogP contribution in [0.1, 0.15) is 25.3 Å². The molecule has 5 rings (SSSR count). The Morgan fingerprint density at radius 2 is 1.69 bits per heavy atom. The predicted octanol–water partition coefficient (Wildman–Crippen LogP) is 3.17. The molecule has 0 unspecified atom stereocenters. The Labute approximate surface area is 225 Å². The van der Waals surface area contributed by atoms with Crippen molar-refractivity contribution in [2.24, 2.45) is 11.8 Å². The number of ether oxygens (including phenoxy) is 1. The Kier molecular flexibility index (Phi) is 7.59. The fraction of sp³-hybridized carbons (Fsp3) is 0.407. The Balaban J connectivity index is 1.37. The molecule has 1 saturated carbocycles. The molecule has 1 aromatic heterocycles. The van der Waals surface area contributed by atoms with Gasteiger partial charge in [0.25, 0.3) is 0 Å². The molecule has 2 aromatic carbocycles. The molecule has 39 heavy (non-hydrogen) atoms. The number of hydrogen-bond donors (Lipinski definition) is 1. The van der Waals surface area contributed by atoms with E-state index in [2.05, 4.69) is 12.0 Å². The first-order valence-electron chi connectivity index (χ1n) is 12.9. The molecule has 208 valence electrons. The molecule has 2 N–H and O–H groups in total. The highest BCUT2D eigenvalue weighted by Crippen LogP contribution is 2.41. The van der Waals surface area contributed by atoms with E-state index in [1.54, 1.807) is 24.3 Å². The van der Waals surface area contributed by atoms with Crippen LogP contribution in [0.2, 0.25) is 0 Å². The highest BCUT2D eigenvalue weighted by molar-refractivity contribution is 7.88. The quantitative estimate of drug-likeness (QED) is 0.401. The largest absolute Gasteiger partial charge is 0.486 e. The van der Waals surface area contributed by atoms with Gasteiger partial charge in [-0.25, -0.2) is 17.2 Å². The number of hydrogen-bond acceptors (Lipinski definition) is 7. The summed E-state index contributed by atoms with van der Waals surface area (Å²) < 4.78 is 62.2. The number of halogens is 2. The first-order valence-corrected chi connectivity index (χ1v) is 14.5. The first-order chi connectivity index (χ1) is 18.6. The van der Waals surface area contributed by atoms with Crippen molar-refractivity contribution in [1.29, 1.82) is 0 Å². The van der Waals surface area contributed by atoms with E-state index >= 15 is 0 Å². The first kappa shape index (κ1) is 27.1. The van der Waals surface area contributed by atoms with Crippen molar-refractivity contribution in [3.8, 4) is 11.4 Å². The number of rotatable bonds is 9. The molecular formula is C27H31F2N5O4S. The van der Waals surface area contributed by atoms with Crippen LogP contribution in [0.4, 0.5) is 20.2 Å². The average molecular weight is 560 g/mol. The number of nitrogens with two attached hydrogens (primary N) is 1. The Morgan fingerprint density at radius 3 is 2.31 bits per heavy atom. The van der Waals surface area contributed by atoms with E-state index in [4.69, 9.17) is 10.5 Å². The van der Waals surface area contributed by atoms with Crippen LogP contribution in [0.3, 0.4) is 0 Å². The predicted molar refractivity (Wildman–Crippen MR) is 144 cm³/mol. The molecule has 2 heterocycles. The second-order valence-electron chi connectivity index (χ2n) is 10.1. The Bertz CT molecular complexity index is 1490. The number of nitrogen functional groups attached to an aromatic ring is 1. The minimum atomic E-state index is -3.56. The van der Waals surface area contributed by atoms with Gasteiger partial charge >= 0.3 is 5.56 Å². The molecule has 0 spiro atoms. The van der Waals surface area contributed by atoms with Crippen LogP contribution >= 0.6 is 0 Å². The smallest absolute Gasteiger partial charge is 0.316 e. The Hall–Kier alpha value is -3.51. The van der Waals surface area contributed by atoms with Gasteiger partial charge in [0.2, 0.25) is 15.8 Å². The maximum absolute atomic E-state index is 13.9. The van der Waals surface area contributed by atoms with Gasteiger partial charge in [-0.15, -0.1) is 0 Å². The SMILES string of the molecule is CC[C@H]1C[C@H]1COc1c(N2CCN(S(=O)(=O)Cc3ccc(N)cc3)CC2)cnn(-c2cc(F)cc(F)c2)c1=O. The summed E-state index contributed by atoms with van der Waals surface area (Å²) in [6, 6.07) is 9.50. The summed E-state index contributed by atoms with van der Waals surface area (Å²) in [7, 11) is -3.56. The summed E-state index contributed by atoms with van der Waals surface area (Å²) >= 11 is 0. The molecule has 9 nitrogen and oxygen atoms in total. The number of nitrogens with zero attached hydrogens (tertiary/aromatic N) is 4. The third-order valence-corrected chi connectivity index (χ3v) is 9.19. The third kappa shape index (κ3) is 6.06. The van der Waals surface area contributed by atoms with E-state index in [0.29, 0.717) is 48.5 Å². The maximum atomic E-state index is 13.9. The van der Waals surface area contributed by atoms with E-state index in [1.165, 1.54) is 10.5 Å².